The summed E-state index contributed by atoms with van der Waals surface area (Å²) in [6, 6.07) is 10.2. The van der Waals surface area contributed by atoms with Crippen LogP contribution in [0.1, 0.15) is 10.4 Å². The first-order valence-corrected chi connectivity index (χ1v) is 8.53. The molecule has 1 aromatic carbocycles. The monoisotopic (exact) mass is 450 g/mol. The van der Waals surface area contributed by atoms with Crippen molar-refractivity contribution in [3.63, 3.8) is 0 Å². The third kappa shape index (κ3) is 4.14. The van der Waals surface area contributed by atoms with Gasteiger partial charge in [-0.3, -0.25) is 10.2 Å². The van der Waals surface area contributed by atoms with Crippen molar-refractivity contribution in [2.45, 2.75) is 0 Å². The van der Waals surface area contributed by atoms with Gasteiger partial charge in [0.2, 0.25) is 0 Å². The summed E-state index contributed by atoms with van der Waals surface area (Å²) in [5.41, 5.74) is 4.39. The summed E-state index contributed by atoms with van der Waals surface area (Å²) in [7, 11) is 2.06. The van der Waals surface area contributed by atoms with Crippen LogP contribution in [0, 0.1) is 0 Å². The minimum Gasteiger partial charge on any atom is -0.412 e. The van der Waals surface area contributed by atoms with Crippen molar-refractivity contribution >= 4 is 46.1 Å². The molecule has 0 aliphatic carbocycles. The van der Waals surface area contributed by atoms with E-state index >= 15 is 0 Å². The average molecular weight is 451 g/mol. The molecule has 2 aliphatic heterocycles. The quantitative estimate of drug-likeness (QED) is 0.681. The number of hydrogen-bond acceptors (Lipinski definition) is 5. The van der Waals surface area contributed by atoms with Crippen LogP contribution in [0.25, 0.3) is 0 Å². The molecule has 4 N–H and O–H groups in total. The van der Waals surface area contributed by atoms with Gasteiger partial charge >= 0.3 is 6.03 Å². The van der Waals surface area contributed by atoms with Crippen LogP contribution in [0.2, 0.25) is 0 Å². The van der Waals surface area contributed by atoms with Gasteiger partial charge in [-0.05, 0) is 31.3 Å². The molecule has 0 saturated carbocycles. The number of fused-ring (bicyclic) bond motifs is 2. The first kappa shape index (κ1) is 21.8. The number of carbonyl (C=O) groups is 2. The largest absolute Gasteiger partial charge is 0.412 e. The summed E-state index contributed by atoms with van der Waals surface area (Å²) in [6.07, 6.45) is 1.61. The zero-order valence-corrected chi connectivity index (χ0v) is 17.1. The summed E-state index contributed by atoms with van der Waals surface area (Å²) in [5, 5.41) is 4.73. The number of hydrogen-bond donors (Lipinski definition) is 2. The van der Waals surface area contributed by atoms with E-state index in [0.29, 0.717) is 22.8 Å². The Labute approximate surface area is 173 Å². The molecule has 0 atom stereocenters. The van der Waals surface area contributed by atoms with Crippen molar-refractivity contribution in [3.05, 3.63) is 48.2 Å². The molecule has 2 aromatic rings. The molecule has 0 bridgehead atoms. The molecule has 0 spiro atoms. The van der Waals surface area contributed by atoms with E-state index < -0.39 is 0 Å². The number of nitrogens with zero attached hydrogens (tertiary/aromatic N) is 4. The molecule has 3 amide bonds. The van der Waals surface area contributed by atoms with Crippen LogP contribution >= 0.6 is 17.0 Å². The number of aromatic nitrogens is 1. The second-order valence-corrected chi connectivity index (χ2v) is 6.39. The van der Waals surface area contributed by atoms with Crippen LogP contribution in [-0.4, -0.2) is 65.5 Å². The second kappa shape index (κ2) is 9.11. The number of hydrazine groups is 1. The Balaban J connectivity index is 0.00000140. The summed E-state index contributed by atoms with van der Waals surface area (Å²) >= 11 is 0. The third-order valence-corrected chi connectivity index (χ3v) is 4.60. The van der Waals surface area contributed by atoms with Crippen LogP contribution in [-0.2, 0) is 0 Å². The Morgan fingerprint density at radius 2 is 1.82 bits per heavy atom. The van der Waals surface area contributed by atoms with Crippen molar-refractivity contribution < 1.29 is 15.1 Å². The maximum Gasteiger partial charge on any atom is 0.342 e. The van der Waals surface area contributed by atoms with Gasteiger partial charge in [0.1, 0.15) is 0 Å². The number of rotatable bonds is 1. The molecule has 28 heavy (non-hydrogen) atoms. The fraction of sp³-hybridized carbons (Fsp3) is 0.278. The van der Waals surface area contributed by atoms with Gasteiger partial charge in [0, 0.05) is 32.4 Å². The topological polar surface area (TPSA) is 112 Å². The second-order valence-electron chi connectivity index (χ2n) is 6.39. The zero-order chi connectivity index (χ0) is 18.1. The standard InChI is InChI=1S/C18H20N6O2.BrH.H2O/c1-22-9-11-23(12-10-22)21-18(26)24-15-7-3-2-5-13(15)17(25)20-14-6-4-8-19-16(14)24;;/h2-8H,9-12H2,1H3,(H,20,25)(H,21,26);1H;1H2. The van der Waals surface area contributed by atoms with Crippen molar-refractivity contribution in [1.29, 1.82) is 0 Å². The molecule has 1 fully saturated rings. The number of benzene rings is 1. The van der Waals surface area contributed by atoms with Crippen LogP contribution in [0.15, 0.2) is 42.6 Å². The van der Waals surface area contributed by atoms with E-state index in [1.165, 1.54) is 4.90 Å². The number of amides is 3. The Morgan fingerprint density at radius 1 is 1.11 bits per heavy atom. The van der Waals surface area contributed by atoms with Gasteiger partial charge in [0.05, 0.1) is 16.9 Å². The van der Waals surface area contributed by atoms with Crippen LogP contribution in [0.3, 0.4) is 0 Å². The van der Waals surface area contributed by atoms with Crippen molar-refractivity contribution in [2.75, 3.05) is 43.4 Å². The Bertz CT molecular complexity index is 857. The number of likely N-dealkylation sites (N-methyl/N-ethyl adjacent to an activating group) is 1. The number of nitrogens with one attached hydrogen (secondary N) is 2. The lowest BCUT2D eigenvalue weighted by molar-refractivity contribution is 0.102. The molecular weight excluding hydrogens is 428 g/mol. The van der Waals surface area contributed by atoms with E-state index in [1.807, 2.05) is 5.01 Å². The van der Waals surface area contributed by atoms with Gasteiger partial charge < -0.3 is 15.7 Å². The smallest absolute Gasteiger partial charge is 0.342 e. The SMILES string of the molecule is Br.CN1CCN(NC(=O)N2c3ccccc3C(=O)Nc3cccnc32)CC1.O. The Kier molecular flexibility index (Phi) is 7.08. The highest BCUT2D eigenvalue weighted by molar-refractivity contribution is 8.93. The van der Waals surface area contributed by atoms with E-state index in [-0.39, 0.29) is 34.4 Å². The summed E-state index contributed by atoms with van der Waals surface area (Å²) < 4.78 is 0. The summed E-state index contributed by atoms with van der Waals surface area (Å²) in [6.45, 7) is 3.24. The molecule has 0 unspecified atom stereocenters. The molecule has 0 radical (unpaired) electrons. The highest BCUT2D eigenvalue weighted by Crippen LogP contribution is 2.36. The van der Waals surface area contributed by atoms with Gasteiger partial charge in [-0.1, -0.05) is 12.1 Å². The predicted octanol–water partition coefficient (Wildman–Crippen LogP) is 1.41. The first-order chi connectivity index (χ1) is 12.6. The van der Waals surface area contributed by atoms with Gasteiger partial charge in [-0.15, -0.1) is 17.0 Å². The first-order valence-electron chi connectivity index (χ1n) is 8.53. The third-order valence-electron chi connectivity index (χ3n) is 4.60. The number of pyridine rings is 1. The van der Waals surface area contributed by atoms with Crippen molar-refractivity contribution in [3.8, 4) is 0 Å². The molecule has 1 saturated heterocycles. The highest BCUT2D eigenvalue weighted by Gasteiger charge is 2.31. The molecular formula is C18H23BrN6O3. The summed E-state index contributed by atoms with van der Waals surface area (Å²) in [5.74, 6) is 0.141. The zero-order valence-electron chi connectivity index (χ0n) is 15.4. The number of halogens is 1. The number of anilines is 3. The molecule has 1 aromatic heterocycles. The molecule has 150 valence electrons. The number of carbonyl (C=O) groups excluding carboxylic acids is 2. The molecule has 9 nitrogen and oxygen atoms in total. The molecule has 10 heteroatoms. The normalized spacial score (nSPS) is 16.5. The van der Waals surface area contributed by atoms with Crippen LogP contribution in [0.5, 0.6) is 0 Å². The van der Waals surface area contributed by atoms with Crippen molar-refractivity contribution in [2.24, 2.45) is 0 Å². The average Bonchev–Trinajstić information content (AvgIpc) is 2.77. The Hall–Kier alpha value is -2.53. The minimum atomic E-state index is -0.335. The van der Waals surface area contributed by atoms with Crippen molar-refractivity contribution in [1.82, 2.24) is 20.3 Å². The lowest BCUT2D eigenvalue weighted by Crippen LogP contribution is -2.55. The molecule has 2 aliphatic rings. The molecule has 4 rings (SSSR count). The van der Waals surface area contributed by atoms with Gasteiger partial charge in [-0.25, -0.2) is 19.7 Å². The van der Waals surface area contributed by atoms with Gasteiger partial charge in [0.15, 0.2) is 5.82 Å². The fourth-order valence-electron chi connectivity index (χ4n) is 3.15. The fourth-order valence-corrected chi connectivity index (χ4v) is 3.15. The Morgan fingerprint density at radius 3 is 2.57 bits per heavy atom. The van der Waals surface area contributed by atoms with E-state index in [4.69, 9.17) is 0 Å². The summed E-state index contributed by atoms with van der Waals surface area (Å²) in [4.78, 5) is 33.7. The molecule has 3 heterocycles. The highest BCUT2D eigenvalue weighted by atomic mass is 79.9. The maximum absolute atomic E-state index is 13.1. The van der Waals surface area contributed by atoms with E-state index in [9.17, 15) is 9.59 Å². The minimum absolute atomic E-state index is 0. The number of urea groups is 1. The maximum atomic E-state index is 13.1. The van der Waals surface area contributed by atoms with Crippen LogP contribution < -0.4 is 15.6 Å². The van der Waals surface area contributed by atoms with E-state index in [1.54, 1.807) is 42.6 Å². The van der Waals surface area contributed by atoms with Crippen LogP contribution in [0.4, 0.5) is 22.0 Å². The number of piperazine rings is 1. The number of para-hydroxylation sites is 1. The van der Waals surface area contributed by atoms with Gasteiger partial charge in [-0.2, -0.15) is 0 Å². The van der Waals surface area contributed by atoms with Gasteiger partial charge in [0.25, 0.3) is 5.91 Å². The lowest BCUT2D eigenvalue weighted by Gasteiger charge is -2.34. The van der Waals surface area contributed by atoms with E-state index in [2.05, 4.69) is 27.7 Å². The van der Waals surface area contributed by atoms with E-state index in [0.717, 1.165) is 26.2 Å². The predicted molar refractivity (Wildman–Crippen MR) is 112 cm³/mol. The lowest BCUT2D eigenvalue weighted by atomic mass is 10.1.